The van der Waals surface area contributed by atoms with Crippen LogP contribution in [0.4, 0.5) is 0 Å². The van der Waals surface area contributed by atoms with E-state index in [9.17, 15) is 40.5 Å². The van der Waals surface area contributed by atoms with Gasteiger partial charge in [-0.1, -0.05) is 30.3 Å². The summed E-state index contributed by atoms with van der Waals surface area (Å²) in [6.07, 6.45) is -14.5. The first-order valence-corrected chi connectivity index (χ1v) is 12.6. The Balaban J connectivity index is 1.53. The molecule has 0 bridgehead atoms. The van der Waals surface area contributed by atoms with Gasteiger partial charge >= 0.3 is 0 Å². The molecule has 13 nitrogen and oxygen atoms in total. The zero-order chi connectivity index (χ0) is 28.7. The third-order valence-corrected chi connectivity index (χ3v) is 7.00. The van der Waals surface area contributed by atoms with Crippen LogP contribution < -0.4 is 14.9 Å². The molecule has 10 atom stereocenters. The number of benzene rings is 2. The lowest BCUT2D eigenvalue weighted by Gasteiger charge is -2.39. The van der Waals surface area contributed by atoms with Crippen LogP contribution in [0, 0.1) is 0 Å². The maximum Gasteiger partial charge on any atom is 0.235 e. The number of aliphatic hydroxyl groups excluding tert-OH is 7. The highest BCUT2D eigenvalue weighted by atomic mass is 16.7. The van der Waals surface area contributed by atoms with E-state index >= 15 is 0 Å². The van der Waals surface area contributed by atoms with E-state index in [2.05, 4.69) is 0 Å². The van der Waals surface area contributed by atoms with E-state index in [0.29, 0.717) is 5.56 Å². The third-order valence-electron chi connectivity index (χ3n) is 7.00. The van der Waals surface area contributed by atoms with Crippen LogP contribution in [0.25, 0.3) is 22.3 Å². The van der Waals surface area contributed by atoms with Gasteiger partial charge in [0.25, 0.3) is 0 Å². The van der Waals surface area contributed by atoms with Crippen molar-refractivity contribution in [1.82, 2.24) is 0 Å². The van der Waals surface area contributed by atoms with Crippen molar-refractivity contribution in [2.75, 3.05) is 6.61 Å². The van der Waals surface area contributed by atoms with Crippen molar-refractivity contribution in [3.63, 3.8) is 0 Å². The number of hydrogen-bond donors (Lipinski definition) is 7. The molecule has 40 heavy (non-hydrogen) atoms. The lowest BCUT2D eigenvalue weighted by atomic mass is 9.99. The van der Waals surface area contributed by atoms with Crippen molar-refractivity contribution in [2.24, 2.45) is 0 Å². The third kappa shape index (κ3) is 5.19. The number of rotatable bonds is 6. The minimum Gasteiger partial charge on any atom is -0.462 e. The molecular formula is C27H30O13. The molecule has 7 N–H and O–H groups in total. The summed E-state index contributed by atoms with van der Waals surface area (Å²) in [5.74, 6) is -0.279. The minimum absolute atomic E-state index is 0.0422. The normalized spacial score (nSPS) is 34.5. The minimum atomic E-state index is -1.76. The molecule has 2 aliphatic heterocycles. The Morgan fingerprint density at radius 1 is 0.775 bits per heavy atom. The fourth-order valence-corrected chi connectivity index (χ4v) is 4.64. The topological polar surface area (TPSA) is 209 Å². The first kappa shape index (κ1) is 28.4. The molecule has 13 heteroatoms. The number of fused-ring (bicyclic) bond motifs is 1. The molecule has 0 saturated carbocycles. The summed E-state index contributed by atoms with van der Waals surface area (Å²) in [6, 6.07) is 12.6. The molecule has 5 rings (SSSR count). The molecular weight excluding hydrogens is 532 g/mol. The molecule has 3 heterocycles. The second-order valence-corrected chi connectivity index (χ2v) is 9.73. The lowest BCUT2D eigenvalue weighted by molar-refractivity contribution is -0.277. The fourth-order valence-electron chi connectivity index (χ4n) is 4.64. The van der Waals surface area contributed by atoms with Crippen LogP contribution in [0.3, 0.4) is 0 Å². The van der Waals surface area contributed by atoms with E-state index in [1.807, 2.05) is 0 Å². The molecule has 0 aliphatic carbocycles. The summed E-state index contributed by atoms with van der Waals surface area (Å²) in [5, 5.41) is 70.5. The number of ether oxygens (including phenoxy) is 4. The van der Waals surface area contributed by atoms with Crippen molar-refractivity contribution >= 4 is 11.0 Å². The fraction of sp³-hybridized carbons (Fsp3) is 0.444. The Kier molecular flexibility index (Phi) is 8.10. The van der Waals surface area contributed by atoms with Crippen LogP contribution in [0.2, 0.25) is 0 Å². The van der Waals surface area contributed by atoms with Gasteiger partial charge in [0.2, 0.25) is 23.8 Å². The van der Waals surface area contributed by atoms with Crippen molar-refractivity contribution in [2.45, 2.75) is 68.3 Å². The van der Waals surface area contributed by atoms with Gasteiger partial charge in [0.15, 0.2) is 5.76 Å². The largest absolute Gasteiger partial charge is 0.462 e. The quantitative estimate of drug-likeness (QED) is 0.189. The standard InChI is InChI=1S/C27H30O13/c1-11-17(29)20(32)22(34)26(36-11)37-13-7-8-14-15(9-13)38-24(12-5-3-2-4-6-12)25(18(14)30)40-27-23(35)21(33)19(31)16(10-28)39-27/h2-9,11,16-17,19-23,26-29,31-35H,10H2,1H3/t11-,16+,17-,19+,20+,21-,22+,23+,26-,27-/m0/s1. The van der Waals surface area contributed by atoms with E-state index in [4.69, 9.17) is 23.4 Å². The molecule has 216 valence electrons. The Morgan fingerprint density at radius 3 is 2.10 bits per heavy atom. The van der Waals surface area contributed by atoms with Crippen LogP contribution in [0.15, 0.2) is 57.7 Å². The molecule has 2 saturated heterocycles. The lowest BCUT2D eigenvalue weighted by Crippen LogP contribution is -2.60. The van der Waals surface area contributed by atoms with Crippen molar-refractivity contribution in [3.8, 4) is 22.8 Å². The second kappa shape index (κ2) is 11.4. The van der Waals surface area contributed by atoms with E-state index < -0.39 is 73.4 Å². The summed E-state index contributed by atoms with van der Waals surface area (Å²) >= 11 is 0. The molecule has 3 aromatic rings. The maximum atomic E-state index is 13.6. The first-order valence-electron chi connectivity index (χ1n) is 12.6. The SMILES string of the molecule is C[C@@H]1O[C@@H](Oc2ccc3c(=O)c(O[C@@H]4O[C@H](CO)[C@@H](O)[C@H](O)[C@H]4O)c(-c4ccccc4)oc3c2)[C@H](O)[C@H](O)[C@H]1O. The van der Waals surface area contributed by atoms with E-state index in [0.717, 1.165) is 0 Å². The highest BCUT2D eigenvalue weighted by Gasteiger charge is 2.46. The molecule has 0 amide bonds. The Bertz CT molecular complexity index is 1380. The summed E-state index contributed by atoms with van der Waals surface area (Å²) in [4.78, 5) is 13.6. The van der Waals surface area contributed by atoms with Gasteiger partial charge in [0.05, 0.1) is 18.1 Å². The average molecular weight is 563 g/mol. The van der Waals surface area contributed by atoms with Crippen LogP contribution in [0.1, 0.15) is 6.92 Å². The highest BCUT2D eigenvalue weighted by molar-refractivity contribution is 5.83. The number of hydrogen-bond acceptors (Lipinski definition) is 13. The molecule has 0 spiro atoms. The van der Waals surface area contributed by atoms with Gasteiger partial charge in [0.1, 0.15) is 54.1 Å². The van der Waals surface area contributed by atoms with Gasteiger partial charge in [-0.05, 0) is 19.1 Å². The van der Waals surface area contributed by atoms with Gasteiger partial charge < -0.3 is 59.1 Å². The smallest absolute Gasteiger partial charge is 0.235 e. The van der Waals surface area contributed by atoms with E-state index in [1.54, 1.807) is 30.3 Å². The average Bonchev–Trinajstić information content (AvgIpc) is 2.96. The summed E-state index contributed by atoms with van der Waals surface area (Å²) in [5.41, 5.74) is -0.185. The summed E-state index contributed by atoms with van der Waals surface area (Å²) in [7, 11) is 0. The Morgan fingerprint density at radius 2 is 1.43 bits per heavy atom. The van der Waals surface area contributed by atoms with Crippen molar-refractivity contribution in [3.05, 3.63) is 58.8 Å². The molecule has 2 aliphatic rings. The molecule has 1 aromatic heterocycles. The molecule has 0 radical (unpaired) electrons. The monoisotopic (exact) mass is 562 g/mol. The van der Waals surface area contributed by atoms with Gasteiger partial charge in [0, 0.05) is 11.6 Å². The van der Waals surface area contributed by atoms with Crippen LogP contribution in [-0.2, 0) is 9.47 Å². The Labute approximate surface area is 227 Å². The van der Waals surface area contributed by atoms with Gasteiger partial charge in [-0.2, -0.15) is 0 Å². The summed E-state index contributed by atoms with van der Waals surface area (Å²) < 4.78 is 28.4. The molecule has 2 fully saturated rings. The first-order chi connectivity index (χ1) is 19.1. The van der Waals surface area contributed by atoms with Gasteiger partial charge in [-0.25, -0.2) is 0 Å². The highest BCUT2D eigenvalue weighted by Crippen LogP contribution is 2.35. The summed E-state index contributed by atoms with van der Waals surface area (Å²) in [6.45, 7) is 0.832. The number of aliphatic hydroxyl groups is 7. The van der Waals surface area contributed by atoms with Crippen LogP contribution in [-0.4, -0.2) is 104 Å². The second-order valence-electron chi connectivity index (χ2n) is 9.73. The zero-order valence-electron chi connectivity index (χ0n) is 21.2. The maximum absolute atomic E-state index is 13.6. The van der Waals surface area contributed by atoms with Gasteiger partial charge in [-0.15, -0.1) is 0 Å². The molecule has 2 aromatic carbocycles. The van der Waals surface area contributed by atoms with Crippen LogP contribution in [0.5, 0.6) is 11.5 Å². The van der Waals surface area contributed by atoms with Gasteiger partial charge in [-0.3, -0.25) is 4.79 Å². The van der Waals surface area contributed by atoms with Crippen molar-refractivity contribution in [1.29, 1.82) is 0 Å². The van der Waals surface area contributed by atoms with Crippen molar-refractivity contribution < 1.29 is 59.1 Å². The molecule has 0 unspecified atom stereocenters. The van der Waals surface area contributed by atoms with E-state index in [-0.39, 0.29) is 28.2 Å². The van der Waals surface area contributed by atoms with Crippen LogP contribution >= 0.6 is 0 Å². The Hall–Kier alpha value is -3.11. The predicted molar refractivity (Wildman–Crippen MR) is 135 cm³/mol. The zero-order valence-corrected chi connectivity index (χ0v) is 21.2. The van der Waals surface area contributed by atoms with E-state index in [1.165, 1.54) is 25.1 Å². The predicted octanol–water partition coefficient (Wildman–Crippen LogP) is -1.16.